The molecule has 3 heteroatoms. The van der Waals surface area contributed by atoms with E-state index in [1.54, 1.807) is 6.92 Å². The summed E-state index contributed by atoms with van der Waals surface area (Å²) in [5, 5.41) is 28.2. The maximum absolute atomic E-state index is 9.43. The summed E-state index contributed by atoms with van der Waals surface area (Å²) in [6.45, 7) is 5.23. The van der Waals surface area contributed by atoms with Gasteiger partial charge in [0, 0.05) is 11.1 Å². The van der Waals surface area contributed by atoms with Gasteiger partial charge in [0.25, 0.3) is 0 Å². The molecule has 0 spiro atoms. The van der Waals surface area contributed by atoms with Crippen molar-refractivity contribution in [3.05, 3.63) is 23.8 Å². The average molecular weight is 180 g/mol. The van der Waals surface area contributed by atoms with Crippen LogP contribution in [0.15, 0.2) is 12.6 Å². The lowest BCUT2D eigenvalue weighted by atomic mass is 10.1. The molecule has 0 unspecified atom stereocenters. The van der Waals surface area contributed by atoms with Gasteiger partial charge in [0.15, 0.2) is 11.5 Å². The Bertz CT molecular complexity index is 343. The van der Waals surface area contributed by atoms with Crippen LogP contribution in [0.4, 0.5) is 0 Å². The Hall–Kier alpha value is -1.64. The number of benzene rings is 1. The fourth-order valence-corrected chi connectivity index (χ4v) is 1.21. The van der Waals surface area contributed by atoms with E-state index >= 15 is 0 Å². The summed E-state index contributed by atoms with van der Waals surface area (Å²) in [5.41, 5.74) is 0.676. The molecule has 1 rings (SSSR count). The number of phenols is 3. The molecule has 0 heterocycles. The van der Waals surface area contributed by atoms with Gasteiger partial charge in [-0.2, -0.15) is 0 Å². The standard InChI is InChI=1S/C10H12O3/c1-3-6-5-8(11)7(4-2)10(13)9(6)12/h3,5,11-13H,1,4H2,2H3. The van der Waals surface area contributed by atoms with Crippen LogP contribution in [0.1, 0.15) is 18.1 Å². The first kappa shape index (κ1) is 9.45. The van der Waals surface area contributed by atoms with Crippen LogP contribution in [0.5, 0.6) is 17.2 Å². The third-order valence-corrected chi connectivity index (χ3v) is 1.96. The first-order valence-electron chi connectivity index (χ1n) is 4.01. The molecule has 0 aliphatic carbocycles. The van der Waals surface area contributed by atoms with Crippen molar-refractivity contribution in [2.75, 3.05) is 0 Å². The van der Waals surface area contributed by atoms with Gasteiger partial charge < -0.3 is 15.3 Å². The maximum atomic E-state index is 9.43. The van der Waals surface area contributed by atoms with E-state index in [1.807, 2.05) is 0 Å². The lowest BCUT2D eigenvalue weighted by molar-refractivity contribution is 0.389. The van der Waals surface area contributed by atoms with Crippen molar-refractivity contribution in [3.63, 3.8) is 0 Å². The molecule has 0 atom stereocenters. The summed E-state index contributed by atoms with van der Waals surface area (Å²) in [5.74, 6) is -0.519. The summed E-state index contributed by atoms with van der Waals surface area (Å²) >= 11 is 0. The van der Waals surface area contributed by atoms with Crippen LogP contribution in [0.25, 0.3) is 6.08 Å². The van der Waals surface area contributed by atoms with Gasteiger partial charge in [0.2, 0.25) is 0 Å². The van der Waals surface area contributed by atoms with Crippen molar-refractivity contribution in [2.24, 2.45) is 0 Å². The molecule has 0 aliphatic rings. The van der Waals surface area contributed by atoms with Crippen molar-refractivity contribution in [1.29, 1.82) is 0 Å². The fraction of sp³-hybridized carbons (Fsp3) is 0.200. The lowest BCUT2D eigenvalue weighted by Crippen LogP contribution is -1.86. The zero-order valence-electron chi connectivity index (χ0n) is 7.41. The van der Waals surface area contributed by atoms with Crippen LogP contribution in [0.3, 0.4) is 0 Å². The summed E-state index contributed by atoms with van der Waals surface area (Å²) < 4.78 is 0. The summed E-state index contributed by atoms with van der Waals surface area (Å²) in [4.78, 5) is 0. The number of hydrogen-bond donors (Lipinski definition) is 3. The molecular weight excluding hydrogens is 168 g/mol. The highest BCUT2D eigenvalue weighted by Crippen LogP contribution is 2.39. The molecule has 1 aromatic carbocycles. The molecular formula is C10H12O3. The van der Waals surface area contributed by atoms with Gasteiger partial charge in [-0.3, -0.25) is 0 Å². The molecule has 0 radical (unpaired) electrons. The first-order valence-corrected chi connectivity index (χ1v) is 4.01. The van der Waals surface area contributed by atoms with Gasteiger partial charge in [0.05, 0.1) is 0 Å². The van der Waals surface area contributed by atoms with Gasteiger partial charge >= 0.3 is 0 Å². The van der Waals surface area contributed by atoms with Crippen molar-refractivity contribution >= 4 is 6.08 Å². The Kier molecular flexibility index (Phi) is 2.46. The van der Waals surface area contributed by atoms with E-state index < -0.39 is 0 Å². The van der Waals surface area contributed by atoms with Crippen LogP contribution >= 0.6 is 0 Å². The Morgan fingerprint density at radius 1 is 1.31 bits per heavy atom. The van der Waals surface area contributed by atoms with Crippen LogP contribution in [0.2, 0.25) is 0 Å². The molecule has 3 N–H and O–H groups in total. The molecule has 1 aromatic rings. The van der Waals surface area contributed by atoms with Crippen LogP contribution in [0, 0.1) is 0 Å². The monoisotopic (exact) mass is 180 g/mol. The smallest absolute Gasteiger partial charge is 0.165 e. The van der Waals surface area contributed by atoms with E-state index in [4.69, 9.17) is 0 Å². The molecule has 0 saturated heterocycles. The molecule has 0 aliphatic heterocycles. The number of phenolic OH excluding ortho intramolecular Hbond substituents is 3. The quantitative estimate of drug-likeness (QED) is 0.482. The zero-order valence-corrected chi connectivity index (χ0v) is 7.41. The normalized spacial score (nSPS) is 9.92. The third-order valence-electron chi connectivity index (χ3n) is 1.96. The predicted octanol–water partition coefficient (Wildman–Crippen LogP) is 2.01. The summed E-state index contributed by atoms with van der Waals surface area (Å²) in [7, 11) is 0. The van der Waals surface area contributed by atoms with E-state index in [2.05, 4.69) is 6.58 Å². The topological polar surface area (TPSA) is 60.7 Å². The molecule has 0 saturated carbocycles. The number of rotatable bonds is 2. The molecule has 0 aromatic heterocycles. The molecule has 3 nitrogen and oxygen atoms in total. The van der Waals surface area contributed by atoms with Crippen molar-refractivity contribution in [2.45, 2.75) is 13.3 Å². The molecule has 0 amide bonds. The van der Waals surface area contributed by atoms with E-state index in [1.165, 1.54) is 12.1 Å². The van der Waals surface area contributed by atoms with Gasteiger partial charge in [-0.25, -0.2) is 0 Å². The van der Waals surface area contributed by atoms with Crippen LogP contribution in [-0.4, -0.2) is 15.3 Å². The molecule has 13 heavy (non-hydrogen) atoms. The van der Waals surface area contributed by atoms with Crippen molar-refractivity contribution in [3.8, 4) is 17.2 Å². The van der Waals surface area contributed by atoms with E-state index in [9.17, 15) is 15.3 Å². The highest BCUT2D eigenvalue weighted by atomic mass is 16.3. The van der Waals surface area contributed by atoms with Gasteiger partial charge in [0.1, 0.15) is 5.75 Å². The number of hydrogen-bond acceptors (Lipinski definition) is 3. The number of aromatic hydroxyl groups is 3. The minimum atomic E-state index is -0.266. The van der Waals surface area contributed by atoms with Crippen molar-refractivity contribution < 1.29 is 15.3 Å². The third kappa shape index (κ3) is 1.45. The first-order chi connectivity index (χ1) is 6.11. The molecule has 0 fully saturated rings. The molecule has 70 valence electrons. The van der Waals surface area contributed by atoms with E-state index in [0.717, 1.165) is 0 Å². The average Bonchev–Trinajstić information content (AvgIpc) is 2.12. The Balaban J connectivity index is 3.45. The molecule has 0 bridgehead atoms. The van der Waals surface area contributed by atoms with Gasteiger partial charge in [-0.1, -0.05) is 19.6 Å². The van der Waals surface area contributed by atoms with Crippen LogP contribution < -0.4 is 0 Å². The van der Waals surface area contributed by atoms with Crippen LogP contribution in [-0.2, 0) is 6.42 Å². The SMILES string of the molecule is C=Cc1cc(O)c(CC)c(O)c1O. The van der Waals surface area contributed by atoms with Crippen molar-refractivity contribution in [1.82, 2.24) is 0 Å². The second kappa shape index (κ2) is 3.39. The minimum absolute atomic E-state index is 0.0206. The minimum Gasteiger partial charge on any atom is -0.508 e. The maximum Gasteiger partial charge on any atom is 0.165 e. The zero-order chi connectivity index (χ0) is 10.0. The second-order valence-electron chi connectivity index (χ2n) is 2.72. The highest BCUT2D eigenvalue weighted by molar-refractivity contribution is 5.66. The Labute approximate surface area is 76.6 Å². The highest BCUT2D eigenvalue weighted by Gasteiger charge is 2.13. The van der Waals surface area contributed by atoms with E-state index in [-0.39, 0.29) is 17.2 Å². The fourth-order valence-electron chi connectivity index (χ4n) is 1.21. The predicted molar refractivity (Wildman–Crippen MR) is 50.9 cm³/mol. The summed E-state index contributed by atoms with van der Waals surface area (Å²) in [6.07, 6.45) is 1.83. The largest absolute Gasteiger partial charge is 0.508 e. The van der Waals surface area contributed by atoms with Gasteiger partial charge in [-0.15, -0.1) is 0 Å². The summed E-state index contributed by atoms with van der Waals surface area (Å²) in [6, 6.07) is 1.38. The van der Waals surface area contributed by atoms with Gasteiger partial charge in [-0.05, 0) is 12.5 Å². The second-order valence-corrected chi connectivity index (χ2v) is 2.72. The Morgan fingerprint density at radius 2 is 1.92 bits per heavy atom. The Morgan fingerprint density at radius 3 is 2.38 bits per heavy atom. The lowest BCUT2D eigenvalue weighted by Gasteiger charge is -2.08. The van der Waals surface area contributed by atoms with E-state index in [0.29, 0.717) is 17.5 Å².